The fourth-order valence-electron chi connectivity index (χ4n) is 1.95. The number of halogens is 1. The maximum absolute atomic E-state index is 7.50. The van der Waals surface area contributed by atoms with Gasteiger partial charge >= 0.3 is 0 Å². The van der Waals surface area contributed by atoms with Gasteiger partial charge in [-0.15, -0.1) is 0 Å². The van der Waals surface area contributed by atoms with Crippen LogP contribution in [0.15, 0.2) is 63.2 Å². The van der Waals surface area contributed by atoms with Crippen molar-refractivity contribution in [3.05, 3.63) is 58.8 Å². The average molecular weight is 359 g/mol. The number of rotatable bonds is 3. The Labute approximate surface area is 134 Å². The molecule has 0 saturated carbocycles. The SMILES string of the molecule is N=C(N)c1ccc(Sc2ncnc3ccccc23)cc1Br. The second kappa shape index (κ2) is 5.83. The zero-order chi connectivity index (χ0) is 14.8. The molecule has 6 heteroatoms. The van der Waals surface area contributed by atoms with Crippen molar-refractivity contribution in [3.8, 4) is 0 Å². The Morgan fingerprint density at radius 2 is 1.95 bits per heavy atom. The van der Waals surface area contributed by atoms with Crippen molar-refractivity contribution >= 4 is 44.4 Å². The summed E-state index contributed by atoms with van der Waals surface area (Å²) in [5.74, 6) is 0.0471. The lowest BCUT2D eigenvalue weighted by Gasteiger charge is -2.07. The van der Waals surface area contributed by atoms with Gasteiger partial charge in [-0.1, -0.05) is 30.0 Å². The number of aromatic nitrogens is 2. The molecule has 0 aliphatic carbocycles. The third-order valence-electron chi connectivity index (χ3n) is 2.95. The van der Waals surface area contributed by atoms with E-state index in [9.17, 15) is 0 Å². The second-order valence-corrected chi connectivity index (χ2v) is 6.27. The van der Waals surface area contributed by atoms with E-state index in [-0.39, 0.29) is 5.84 Å². The molecule has 3 aromatic rings. The minimum atomic E-state index is 0.0471. The fraction of sp³-hybridized carbons (Fsp3) is 0. The number of amidine groups is 1. The van der Waals surface area contributed by atoms with Crippen LogP contribution in [0.2, 0.25) is 0 Å². The molecule has 1 aromatic heterocycles. The maximum Gasteiger partial charge on any atom is 0.123 e. The van der Waals surface area contributed by atoms with Gasteiger partial charge in [0.2, 0.25) is 0 Å². The van der Waals surface area contributed by atoms with Gasteiger partial charge < -0.3 is 5.73 Å². The van der Waals surface area contributed by atoms with Crippen molar-refractivity contribution in [3.63, 3.8) is 0 Å². The van der Waals surface area contributed by atoms with Gasteiger partial charge in [0.25, 0.3) is 0 Å². The summed E-state index contributed by atoms with van der Waals surface area (Å²) in [5, 5.41) is 9.43. The molecular weight excluding hydrogens is 348 g/mol. The van der Waals surface area contributed by atoms with Crippen molar-refractivity contribution in [2.24, 2.45) is 5.73 Å². The lowest BCUT2D eigenvalue weighted by molar-refractivity contribution is 1.10. The molecule has 104 valence electrons. The average Bonchev–Trinajstić information content (AvgIpc) is 2.47. The van der Waals surface area contributed by atoms with E-state index in [2.05, 4.69) is 25.9 Å². The molecule has 1 heterocycles. The zero-order valence-electron chi connectivity index (χ0n) is 10.9. The van der Waals surface area contributed by atoms with Crippen LogP contribution < -0.4 is 5.73 Å². The van der Waals surface area contributed by atoms with E-state index in [1.54, 1.807) is 18.1 Å². The first-order chi connectivity index (χ1) is 10.1. The van der Waals surface area contributed by atoms with E-state index in [4.69, 9.17) is 11.1 Å². The van der Waals surface area contributed by atoms with Crippen LogP contribution in [0, 0.1) is 5.41 Å². The van der Waals surface area contributed by atoms with Gasteiger partial charge in [0, 0.05) is 20.3 Å². The van der Waals surface area contributed by atoms with Crippen LogP contribution in [0.3, 0.4) is 0 Å². The van der Waals surface area contributed by atoms with Crippen LogP contribution in [-0.2, 0) is 0 Å². The van der Waals surface area contributed by atoms with Crippen LogP contribution in [0.25, 0.3) is 10.9 Å². The third-order valence-corrected chi connectivity index (χ3v) is 4.62. The van der Waals surface area contributed by atoms with Gasteiger partial charge in [-0.25, -0.2) is 9.97 Å². The van der Waals surface area contributed by atoms with Crippen LogP contribution in [-0.4, -0.2) is 15.8 Å². The summed E-state index contributed by atoms with van der Waals surface area (Å²) in [6, 6.07) is 13.6. The number of hydrogen-bond donors (Lipinski definition) is 2. The minimum absolute atomic E-state index is 0.0471. The van der Waals surface area contributed by atoms with Gasteiger partial charge in [0.1, 0.15) is 17.2 Å². The number of nitrogens with zero attached hydrogens (tertiary/aromatic N) is 2. The lowest BCUT2D eigenvalue weighted by atomic mass is 10.2. The first-order valence-electron chi connectivity index (χ1n) is 6.16. The summed E-state index contributed by atoms with van der Waals surface area (Å²) < 4.78 is 0.804. The molecule has 3 rings (SSSR count). The topological polar surface area (TPSA) is 75.7 Å². The van der Waals surface area contributed by atoms with Crippen LogP contribution >= 0.6 is 27.7 Å². The monoisotopic (exact) mass is 358 g/mol. The summed E-state index contributed by atoms with van der Waals surface area (Å²) in [6.45, 7) is 0. The number of nitrogens with two attached hydrogens (primary N) is 1. The highest BCUT2D eigenvalue weighted by Gasteiger charge is 2.08. The summed E-state index contributed by atoms with van der Waals surface area (Å²) >= 11 is 5.00. The summed E-state index contributed by atoms with van der Waals surface area (Å²) in [7, 11) is 0. The number of nitrogen functional groups attached to an aromatic ring is 1. The van der Waals surface area contributed by atoms with E-state index < -0.39 is 0 Å². The van der Waals surface area contributed by atoms with Gasteiger partial charge in [-0.3, -0.25) is 5.41 Å². The zero-order valence-corrected chi connectivity index (χ0v) is 13.3. The van der Waals surface area contributed by atoms with Crippen molar-refractivity contribution in [2.45, 2.75) is 9.92 Å². The van der Waals surface area contributed by atoms with E-state index in [1.165, 1.54) is 0 Å². The van der Waals surface area contributed by atoms with E-state index in [0.29, 0.717) is 5.56 Å². The molecule has 0 atom stereocenters. The van der Waals surface area contributed by atoms with Crippen LogP contribution in [0.1, 0.15) is 5.56 Å². The Bertz CT molecular complexity index is 830. The minimum Gasteiger partial charge on any atom is -0.384 e. The molecule has 0 radical (unpaired) electrons. The van der Waals surface area contributed by atoms with Crippen LogP contribution in [0.5, 0.6) is 0 Å². The van der Waals surface area contributed by atoms with Crippen molar-refractivity contribution < 1.29 is 0 Å². The molecule has 2 aromatic carbocycles. The fourth-order valence-corrected chi connectivity index (χ4v) is 3.61. The lowest BCUT2D eigenvalue weighted by Crippen LogP contribution is -2.11. The Hall–Kier alpha value is -1.92. The molecule has 0 spiro atoms. The van der Waals surface area contributed by atoms with E-state index in [1.807, 2.05) is 42.5 Å². The number of benzene rings is 2. The molecule has 0 saturated heterocycles. The Morgan fingerprint density at radius 3 is 2.71 bits per heavy atom. The highest BCUT2D eigenvalue weighted by atomic mass is 79.9. The Kier molecular flexibility index (Phi) is 3.90. The summed E-state index contributed by atoms with van der Waals surface area (Å²) in [5.41, 5.74) is 7.13. The third kappa shape index (κ3) is 2.91. The largest absolute Gasteiger partial charge is 0.384 e. The van der Waals surface area contributed by atoms with Crippen molar-refractivity contribution in [2.75, 3.05) is 0 Å². The molecule has 0 aliphatic rings. The number of para-hydroxylation sites is 1. The molecule has 0 aliphatic heterocycles. The van der Waals surface area contributed by atoms with Gasteiger partial charge in [0.05, 0.1) is 5.52 Å². The standard InChI is InChI=1S/C15H11BrN4S/c16-12-7-9(5-6-10(12)14(17)18)21-15-11-3-1-2-4-13(11)19-8-20-15/h1-8H,(H3,17,18). The normalized spacial score (nSPS) is 10.7. The first-order valence-corrected chi connectivity index (χ1v) is 7.77. The number of hydrogen-bond acceptors (Lipinski definition) is 4. The molecule has 0 fully saturated rings. The molecule has 0 unspecified atom stereocenters. The van der Waals surface area contributed by atoms with E-state index in [0.717, 1.165) is 25.3 Å². The molecule has 0 amide bonds. The maximum atomic E-state index is 7.50. The molecule has 0 bridgehead atoms. The quantitative estimate of drug-likeness (QED) is 0.423. The Morgan fingerprint density at radius 1 is 1.14 bits per heavy atom. The molecule has 3 N–H and O–H groups in total. The van der Waals surface area contributed by atoms with Gasteiger partial charge in [-0.05, 0) is 40.2 Å². The molecule has 21 heavy (non-hydrogen) atoms. The predicted molar refractivity (Wildman–Crippen MR) is 88.8 cm³/mol. The van der Waals surface area contributed by atoms with Crippen LogP contribution in [0.4, 0.5) is 0 Å². The van der Waals surface area contributed by atoms with Gasteiger partial charge in [0.15, 0.2) is 0 Å². The second-order valence-electron chi connectivity index (χ2n) is 4.35. The van der Waals surface area contributed by atoms with E-state index >= 15 is 0 Å². The summed E-state index contributed by atoms with van der Waals surface area (Å²) in [4.78, 5) is 9.64. The van der Waals surface area contributed by atoms with Crippen molar-refractivity contribution in [1.29, 1.82) is 5.41 Å². The predicted octanol–water partition coefficient (Wildman–Crippen LogP) is 3.83. The van der Waals surface area contributed by atoms with Crippen molar-refractivity contribution in [1.82, 2.24) is 9.97 Å². The first kappa shape index (κ1) is 14.0. The smallest absolute Gasteiger partial charge is 0.123 e. The Balaban J connectivity index is 1.99. The van der Waals surface area contributed by atoms with Gasteiger partial charge in [-0.2, -0.15) is 0 Å². The molecule has 4 nitrogen and oxygen atoms in total. The highest BCUT2D eigenvalue weighted by Crippen LogP contribution is 2.33. The summed E-state index contributed by atoms with van der Waals surface area (Å²) in [6.07, 6.45) is 1.57. The highest BCUT2D eigenvalue weighted by molar-refractivity contribution is 9.10. The number of nitrogens with one attached hydrogen (secondary N) is 1. The molecular formula is C15H11BrN4S. The number of fused-ring (bicyclic) bond motifs is 1.